The molecule has 0 aliphatic carbocycles. The normalized spacial score (nSPS) is 11.5. The van der Waals surface area contributed by atoms with Crippen LogP contribution in [0.3, 0.4) is 0 Å². The quantitative estimate of drug-likeness (QED) is 0.742. The molecule has 3 nitrogen and oxygen atoms in total. The molecule has 0 saturated heterocycles. The van der Waals surface area contributed by atoms with Gasteiger partial charge in [0, 0.05) is 11.0 Å². The van der Waals surface area contributed by atoms with E-state index in [-0.39, 0.29) is 0 Å². The second kappa shape index (κ2) is 4.41. The van der Waals surface area contributed by atoms with E-state index in [0.29, 0.717) is 12.2 Å². The molecule has 0 bridgehead atoms. The number of hydrogen-bond donors (Lipinski definition) is 3. The van der Waals surface area contributed by atoms with Gasteiger partial charge in [0.25, 0.3) is 0 Å². The van der Waals surface area contributed by atoms with Gasteiger partial charge in [-0.2, -0.15) is 0 Å². The predicted molar refractivity (Wildman–Crippen MR) is 68.1 cm³/mol. The predicted octanol–water partition coefficient (Wildman–Crippen LogP) is 2.52. The first-order chi connectivity index (χ1) is 6.81. The summed E-state index contributed by atoms with van der Waals surface area (Å²) in [6.45, 7) is 5.93. The van der Waals surface area contributed by atoms with Crippen molar-refractivity contribution in [2.24, 2.45) is 0 Å². The van der Waals surface area contributed by atoms with E-state index in [4.69, 9.17) is 5.73 Å². The van der Waals surface area contributed by atoms with Crippen molar-refractivity contribution in [1.29, 1.82) is 0 Å². The fraction of sp³-hybridized carbons (Fsp3) is 0.455. The average molecular weight is 273 g/mol. The summed E-state index contributed by atoms with van der Waals surface area (Å²) in [4.78, 5) is 0. The lowest BCUT2D eigenvalue weighted by atomic mass is 10.1. The lowest BCUT2D eigenvalue weighted by Crippen LogP contribution is -2.29. The molecular weight excluding hydrogens is 256 g/mol. The van der Waals surface area contributed by atoms with Gasteiger partial charge >= 0.3 is 0 Å². The standard InChI is InChI=1S/C11H17BrN2O/c1-7-8(12)4-5-9(10(7)13)14-6-11(2,3)15/h4-5,14-15H,6,13H2,1-3H3. The molecule has 0 spiro atoms. The van der Waals surface area contributed by atoms with Crippen LogP contribution in [0.2, 0.25) is 0 Å². The van der Waals surface area contributed by atoms with Crippen LogP contribution in [-0.4, -0.2) is 17.3 Å². The maximum atomic E-state index is 9.58. The monoisotopic (exact) mass is 272 g/mol. The molecule has 0 heterocycles. The minimum Gasteiger partial charge on any atom is -0.397 e. The number of aliphatic hydroxyl groups is 1. The number of anilines is 2. The summed E-state index contributed by atoms with van der Waals surface area (Å²) in [7, 11) is 0. The van der Waals surface area contributed by atoms with E-state index in [1.807, 2.05) is 19.1 Å². The summed E-state index contributed by atoms with van der Waals surface area (Å²) < 4.78 is 0.994. The van der Waals surface area contributed by atoms with Gasteiger partial charge in [-0.3, -0.25) is 0 Å². The zero-order valence-electron chi connectivity index (χ0n) is 9.26. The Morgan fingerprint density at radius 2 is 2.07 bits per heavy atom. The van der Waals surface area contributed by atoms with Crippen molar-refractivity contribution in [3.8, 4) is 0 Å². The molecular formula is C11H17BrN2O. The summed E-state index contributed by atoms with van der Waals surface area (Å²) in [5, 5.41) is 12.7. The summed E-state index contributed by atoms with van der Waals surface area (Å²) >= 11 is 3.41. The Labute approximate surface area is 98.8 Å². The van der Waals surface area contributed by atoms with Gasteiger partial charge < -0.3 is 16.2 Å². The summed E-state index contributed by atoms with van der Waals surface area (Å²) in [5.41, 5.74) is 7.78. The van der Waals surface area contributed by atoms with Gasteiger partial charge in [-0.25, -0.2) is 0 Å². The van der Waals surface area contributed by atoms with Crippen LogP contribution in [0.5, 0.6) is 0 Å². The molecule has 0 amide bonds. The van der Waals surface area contributed by atoms with Crippen molar-refractivity contribution < 1.29 is 5.11 Å². The maximum absolute atomic E-state index is 9.58. The molecule has 1 rings (SSSR count). The molecule has 1 aromatic carbocycles. The van der Waals surface area contributed by atoms with E-state index < -0.39 is 5.60 Å². The number of rotatable bonds is 3. The molecule has 0 fully saturated rings. The van der Waals surface area contributed by atoms with Gasteiger partial charge in [0.2, 0.25) is 0 Å². The third kappa shape index (κ3) is 3.39. The molecule has 0 atom stereocenters. The number of hydrogen-bond acceptors (Lipinski definition) is 3. The van der Waals surface area contributed by atoms with E-state index in [1.165, 1.54) is 0 Å². The van der Waals surface area contributed by atoms with E-state index in [2.05, 4.69) is 21.2 Å². The Hall–Kier alpha value is -0.740. The Kier molecular flexibility index (Phi) is 3.62. The molecule has 0 aromatic heterocycles. The first kappa shape index (κ1) is 12.3. The maximum Gasteiger partial charge on any atom is 0.0763 e. The van der Waals surface area contributed by atoms with Crippen molar-refractivity contribution in [3.05, 3.63) is 22.2 Å². The second-order valence-electron chi connectivity index (χ2n) is 4.30. The number of nitrogen functional groups attached to an aromatic ring is 1. The van der Waals surface area contributed by atoms with Crippen LogP contribution in [-0.2, 0) is 0 Å². The van der Waals surface area contributed by atoms with Crippen LogP contribution in [0.4, 0.5) is 11.4 Å². The van der Waals surface area contributed by atoms with Crippen LogP contribution in [0.1, 0.15) is 19.4 Å². The van der Waals surface area contributed by atoms with Crippen molar-refractivity contribution in [3.63, 3.8) is 0 Å². The van der Waals surface area contributed by atoms with Crippen LogP contribution < -0.4 is 11.1 Å². The molecule has 0 unspecified atom stereocenters. The third-order valence-corrected chi connectivity index (χ3v) is 3.02. The first-order valence-electron chi connectivity index (χ1n) is 4.82. The molecule has 84 valence electrons. The zero-order valence-corrected chi connectivity index (χ0v) is 10.9. The topological polar surface area (TPSA) is 58.3 Å². The van der Waals surface area contributed by atoms with Crippen molar-refractivity contribution in [2.45, 2.75) is 26.4 Å². The number of benzene rings is 1. The van der Waals surface area contributed by atoms with Crippen molar-refractivity contribution in [1.82, 2.24) is 0 Å². The fourth-order valence-corrected chi connectivity index (χ4v) is 1.51. The number of nitrogens with two attached hydrogens (primary N) is 1. The van der Waals surface area contributed by atoms with E-state index in [0.717, 1.165) is 15.7 Å². The van der Waals surface area contributed by atoms with E-state index >= 15 is 0 Å². The molecule has 4 heteroatoms. The van der Waals surface area contributed by atoms with Crippen LogP contribution in [0.25, 0.3) is 0 Å². The molecule has 0 radical (unpaired) electrons. The average Bonchev–Trinajstić information content (AvgIpc) is 2.12. The Balaban J connectivity index is 2.83. The lowest BCUT2D eigenvalue weighted by Gasteiger charge is -2.20. The summed E-state index contributed by atoms with van der Waals surface area (Å²) in [5.74, 6) is 0. The Morgan fingerprint density at radius 1 is 1.47 bits per heavy atom. The number of halogens is 1. The van der Waals surface area contributed by atoms with Gasteiger partial charge in [-0.1, -0.05) is 15.9 Å². The largest absolute Gasteiger partial charge is 0.397 e. The first-order valence-corrected chi connectivity index (χ1v) is 5.61. The lowest BCUT2D eigenvalue weighted by molar-refractivity contribution is 0.0945. The third-order valence-electron chi connectivity index (χ3n) is 2.16. The molecule has 0 aliphatic heterocycles. The van der Waals surface area contributed by atoms with Crippen molar-refractivity contribution >= 4 is 27.3 Å². The van der Waals surface area contributed by atoms with Gasteiger partial charge in [-0.15, -0.1) is 0 Å². The van der Waals surface area contributed by atoms with Crippen LogP contribution in [0.15, 0.2) is 16.6 Å². The molecule has 0 aliphatic rings. The highest BCUT2D eigenvalue weighted by Gasteiger charge is 2.13. The Morgan fingerprint density at radius 3 is 2.60 bits per heavy atom. The summed E-state index contributed by atoms with van der Waals surface area (Å²) in [6, 6.07) is 3.84. The zero-order chi connectivity index (χ0) is 11.6. The highest BCUT2D eigenvalue weighted by Crippen LogP contribution is 2.29. The smallest absolute Gasteiger partial charge is 0.0763 e. The molecule has 0 saturated carbocycles. The highest BCUT2D eigenvalue weighted by atomic mass is 79.9. The van der Waals surface area contributed by atoms with Gasteiger partial charge in [-0.05, 0) is 38.5 Å². The fourth-order valence-electron chi connectivity index (χ4n) is 1.17. The minimum absolute atomic E-state index is 0.471. The molecule has 15 heavy (non-hydrogen) atoms. The highest BCUT2D eigenvalue weighted by molar-refractivity contribution is 9.10. The Bertz CT molecular complexity index is 358. The van der Waals surface area contributed by atoms with Gasteiger partial charge in [0.1, 0.15) is 0 Å². The van der Waals surface area contributed by atoms with Gasteiger partial charge in [0.05, 0.1) is 17.0 Å². The molecule has 1 aromatic rings. The van der Waals surface area contributed by atoms with E-state index in [1.54, 1.807) is 13.8 Å². The van der Waals surface area contributed by atoms with Gasteiger partial charge in [0.15, 0.2) is 0 Å². The SMILES string of the molecule is Cc1c(Br)ccc(NCC(C)(C)O)c1N. The second-order valence-corrected chi connectivity index (χ2v) is 5.15. The molecule has 4 N–H and O–H groups in total. The van der Waals surface area contributed by atoms with E-state index in [9.17, 15) is 5.11 Å². The number of nitrogens with one attached hydrogen (secondary N) is 1. The van der Waals surface area contributed by atoms with Crippen LogP contribution in [0, 0.1) is 6.92 Å². The van der Waals surface area contributed by atoms with Crippen molar-refractivity contribution in [2.75, 3.05) is 17.6 Å². The summed E-state index contributed by atoms with van der Waals surface area (Å²) in [6.07, 6.45) is 0. The minimum atomic E-state index is -0.743. The van der Waals surface area contributed by atoms with Crippen LogP contribution >= 0.6 is 15.9 Å².